The summed E-state index contributed by atoms with van der Waals surface area (Å²) < 4.78 is 2.46. The molecule has 8 heteroatoms. The minimum Gasteiger partial charge on any atom is -0.272 e. The molecule has 6 nitrogen and oxygen atoms in total. The lowest BCUT2D eigenvalue weighted by Crippen LogP contribution is -2.24. The molecule has 1 amide bonds. The van der Waals surface area contributed by atoms with Gasteiger partial charge in [-0.25, -0.2) is 10.4 Å². The Hall–Kier alpha value is -3.23. The van der Waals surface area contributed by atoms with Crippen LogP contribution in [0.5, 0.6) is 0 Å². The van der Waals surface area contributed by atoms with Crippen molar-refractivity contribution in [1.29, 1.82) is 0 Å². The summed E-state index contributed by atoms with van der Waals surface area (Å²) in [4.78, 5) is 30.1. The predicted octanol–water partition coefficient (Wildman–Crippen LogP) is 4.39. The topological polar surface area (TPSA) is 76.3 Å². The second-order valence-electron chi connectivity index (χ2n) is 6.52. The van der Waals surface area contributed by atoms with Crippen LogP contribution in [0.2, 0.25) is 0 Å². The number of para-hydroxylation sites is 2. The van der Waals surface area contributed by atoms with Gasteiger partial charge in [0.05, 0.1) is 28.6 Å². The molecule has 4 rings (SSSR count). The molecule has 1 N–H and O–H groups in total. The number of hydrazone groups is 1. The normalized spacial score (nSPS) is 11.1. The Balaban J connectivity index is 1.55. The minimum atomic E-state index is -0.293. The van der Waals surface area contributed by atoms with Gasteiger partial charge in [-0.1, -0.05) is 70.2 Å². The van der Waals surface area contributed by atoms with E-state index in [2.05, 4.69) is 31.4 Å². The highest BCUT2D eigenvalue weighted by Gasteiger charge is 2.14. The average Bonchev–Trinajstić information content (AvgIpc) is 2.78. The van der Waals surface area contributed by atoms with Crippen molar-refractivity contribution in [2.45, 2.75) is 5.16 Å². The van der Waals surface area contributed by atoms with Gasteiger partial charge < -0.3 is 0 Å². The number of fused-ring (bicyclic) bond motifs is 1. The Morgan fingerprint density at radius 3 is 2.65 bits per heavy atom. The summed E-state index contributed by atoms with van der Waals surface area (Å²) >= 11 is 4.58. The zero-order valence-electron chi connectivity index (χ0n) is 16.2. The number of thioether (sulfide) groups is 1. The first kappa shape index (κ1) is 21.0. The molecule has 0 saturated carbocycles. The monoisotopic (exact) mass is 492 g/mol. The number of rotatable bonds is 6. The summed E-state index contributed by atoms with van der Waals surface area (Å²) in [6.45, 7) is 0. The van der Waals surface area contributed by atoms with Crippen LogP contribution >= 0.6 is 27.7 Å². The Kier molecular flexibility index (Phi) is 6.59. The van der Waals surface area contributed by atoms with Crippen molar-refractivity contribution in [3.05, 3.63) is 99.3 Å². The van der Waals surface area contributed by atoms with E-state index in [1.54, 1.807) is 18.3 Å². The number of benzene rings is 3. The van der Waals surface area contributed by atoms with Crippen LogP contribution in [-0.2, 0) is 4.79 Å². The maximum Gasteiger partial charge on any atom is 0.266 e. The summed E-state index contributed by atoms with van der Waals surface area (Å²) in [6, 6.07) is 24.0. The smallest absolute Gasteiger partial charge is 0.266 e. The molecule has 1 heterocycles. The van der Waals surface area contributed by atoms with Crippen LogP contribution in [-0.4, -0.2) is 27.4 Å². The highest BCUT2D eigenvalue weighted by Crippen LogP contribution is 2.21. The van der Waals surface area contributed by atoms with Crippen LogP contribution < -0.4 is 11.0 Å². The van der Waals surface area contributed by atoms with Crippen LogP contribution in [0.1, 0.15) is 5.56 Å². The number of nitrogens with one attached hydrogen (secondary N) is 1. The van der Waals surface area contributed by atoms with Crippen molar-refractivity contribution in [3.63, 3.8) is 0 Å². The molecule has 0 unspecified atom stereocenters. The van der Waals surface area contributed by atoms with Gasteiger partial charge in [0.15, 0.2) is 5.16 Å². The zero-order valence-corrected chi connectivity index (χ0v) is 18.6. The minimum absolute atomic E-state index is 0.0629. The molecule has 0 aliphatic rings. The summed E-state index contributed by atoms with van der Waals surface area (Å²) in [6.07, 6.45) is 1.57. The van der Waals surface area contributed by atoms with Gasteiger partial charge in [-0.3, -0.25) is 14.2 Å². The first-order valence-corrected chi connectivity index (χ1v) is 11.2. The molecule has 0 radical (unpaired) electrons. The molecule has 4 aromatic rings. The molecule has 0 saturated heterocycles. The number of carbonyl (C=O) groups excluding carboxylic acids is 1. The largest absolute Gasteiger partial charge is 0.272 e. The summed E-state index contributed by atoms with van der Waals surface area (Å²) in [7, 11) is 0. The molecule has 31 heavy (non-hydrogen) atoms. The van der Waals surface area contributed by atoms with E-state index in [-0.39, 0.29) is 17.2 Å². The van der Waals surface area contributed by atoms with Crippen molar-refractivity contribution in [2.24, 2.45) is 5.10 Å². The van der Waals surface area contributed by atoms with Crippen LogP contribution in [0.4, 0.5) is 0 Å². The third kappa shape index (κ3) is 5.10. The molecule has 3 aromatic carbocycles. The standard InChI is InChI=1S/C23H17BrN4O2S/c24-17-8-6-7-16(13-17)14-25-27-21(29)15-31-23-26-20-12-5-4-11-19(20)22(30)28(23)18-9-2-1-3-10-18/h1-14H,15H2,(H,27,29)/b25-14+. The number of nitrogens with zero attached hydrogens (tertiary/aromatic N) is 3. The first-order chi connectivity index (χ1) is 15.1. The summed E-state index contributed by atoms with van der Waals surface area (Å²) in [5, 5.41) is 4.97. The first-order valence-electron chi connectivity index (χ1n) is 9.39. The predicted molar refractivity (Wildman–Crippen MR) is 128 cm³/mol. The number of aromatic nitrogens is 2. The fourth-order valence-corrected chi connectivity index (χ4v) is 4.16. The van der Waals surface area contributed by atoms with Crippen LogP contribution in [0.15, 0.2) is 98.4 Å². The number of carbonyl (C=O) groups is 1. The third-order valence-electron chi connectivity index (χ3n) is 4.34. The van der Waals surface area contributed by atoms with E-state index in [0.717, 1.165) is 10.0 Å². The Labute approximate surface area is 191 Å². The van der Waals surface area contributed by atoms with E-state index in [1.165, 1.54) is 16.3 Å². The molecule has 0 bridgehead atoms. The van der Waals surface area contributed by atoms with E-state index < -0.39 is 0 Å². The van der Waals surface area contributed by atoms with Crippen molar-refractivity contribution in [1.82, 2.24) is 15.0 Å². The van der Waals surface area contributed by atoms with Gasteiger partial charge in [0, 0.05) is 4.47 Å². The van der Waals surface area contributed by atoms with Gasteiger partial charge >= 0.3 is 0 Å². The third-order valence-corrected chi connectivity index (χ3v) is 5.78. The molecule has 0 aliphatic heterocycles. The van der Waals surface area contributed by atoms with Gasteiger partial charge in [0.25, 0.3) is 11.5 Å². The van der Waals surface area contributed by atoms with E-state index >= 15 is 0 Å². The van der Waals surface area contributed by atoms with E-state index in [4.69, 9.17) is 0 Å². The van der Waals surface area contributed by atoms with Gasteiger partial charge in [-0.15, -0.1) is 0 Å². The number of hydrogen-bond acceptors (Lipinski definition) is 5. The SMILES string of the molecule is O=C(CSc1nc2ccccc2c(=O)n1-c1ccccc1)N/N=C/c1cccc(Br)c1. The van der Waals surface area contributed by atoms with Gasteiger partial charge in [0.2, 0.25) is 0 Å². The molecular formula is C23H17BrN4O2S. The molecular weight excluding hydrogens is 476 g/mol. The van der Waals surface area contributed by atoms with Crippen molar-refractivity contribution in [3.8, 4) is 5.69 Å². The van der Waals surface area contributed by atoms with Crippen LogP contribution in [0.3, 0.4) is 0 Å². The maximum atomic E-state index is 13.1. The van der Waals surface area contributed by atoms with E-state index in [0.29, 0.717) is 21.7 Å². The molecule has 154 valence electrons. The highest BCUT2D eigenvalue weighted by molar-refractivity contribution is 9.10. The van der Waals surface area contributed by atoms with Crippen LogP contribution in [0, 0.1) is 0 Å². The lowest BCUT2D eigenvalue weighted by atomic mass is 10.2. The lowest BCUT2D eigenvalue weighted by Gasteiger charge is -2.12. The van der Waals surface area contributed by atoms with Crippen molar-refractivity contribution >= 4 is 50.7 Å². The van der Waals surface area contributed by atoms with E-state index in [1.807, 2.05) is 66.7 Å². The van der Waals surface area contributed by atoms with Crippen molar-refractivity contribution in [2.75, 3.05) is 5.75 Å². The fraction of sp³-hybridized carbons (Fsp3) is 0.0435. The Morgan fingerprint density at radius 1 is 1.06 bits per heavy atom. The summed E-state index contributed by atoms with van der Waals surface area (Å²) in [5.74, 6) is -0.230. The molecule has 0 spiro atoms. The Morgan fingerprint density at radius 2 is 1.84 bits per heavy atom. The lowest BCUT2D eigenvalue weighted by molar-refractivity contribution is -0.118. The highest BCUT2D eigenvalue weighted by atomic mass is 79.9. The second kappa shape index (κ2) is 9.72. The van der Waals surface area contributed by atoms with Crippen LogP contribution in [0.25, 0.3) is 16.6 Å². The average molecular weight is 493 g/mol. The number of halogens is 1. The number of amides is 1. The van der Waals surface area contributed by atoms with Crippen molar-refractivity contribution < 1.29 is 4.79 Å². The molecule has 1 aromatic heterocycles. The van der Waals surface area contributed by atoms with Gasteiger partial charge in [0.1, 0.15) is 0 Å². The molecule has 0 atom stereocenters. The fourth-order valence-electron chi connectivity index (χ4n) is 2.94. The Bertz CT molecular complexity index is 1320. The quantitative estimate of drug-likeness (QED) is 0.187. The maximum absolute atomic E-state index is 13.1. The molecule has 0 aliphatic carbocycles. The molecule has 0 fully saturated rings. The summed E-state index contributed by atoms with van der Waals surface area (Å²) in [5.41, 5.74) is 4.48. The number of hydrogen-bond donors (Lipinski definition) is 1. The second-order valence-corrected chi connectivity index (χ2v) is 8.38. The van der Waals surface area contributed by atoms with Gasteiger partial charge in [-0.2, -0.15) is 5.10 Å². The van der Waals surface area contributed by atoms with E-state index in [9.17, 15) is 9.59 Å². The van der Waals surface area contributed by atoms with Gasteiger partial charge in [-0.05, 0) is 42.0 Å². The zero-order chi connectivity index (χ0) is 21.6.